The van der Waals surface area contributed by atoms with Crippen molar-refractivity contribution in [2.24, 2.45) is 0 Å². The normalized spacial score (nSPS) is 15.3. The Kier molecular flexibility index (Phi) is 7.15. The largest absolute Gasteiger partial charge is 0.378 e. The molecule has 0 unspecified atom stereocenters. The monoisotopic (exact) mass is 537 g/mol. The van der Waals surface area contributed by atoms with Gasteiger partial charge in [0.2, 0.25) is 0 Å². The smallest absolute Gasteiger partial charge is 0.322 e. The van der Waals surface area contributed by atoms with Crippen LogP contribution < -0.4 is 10.6 Å². The predicted molar refractivity (Wildman–Crippen MR) is 154 cm³/mol. The Morgan fingerprint density at radius 2 is 1.85 bits per heavy atom. The van der Waals surface area contributed by atoms with Crippen molar-refractivity contribution < 1.29 is 14.3 Å². The zero-order chi connectivity index (χ0) is 27.5. The number of carbonyl (C=O) groups excluding carboxylic acids is 2. The van der Waals surface area contributed by atoms with Crippen LogP contribution in [0.3, 0.4) is 0 Å². The lowest BCUT2D eigenvalue weighted by molar-refractivity contribution is 0.0302. The van der Waals surface area contributed by atoms with Gasteiger partial charge in [0, 0.05) is 62.2 Å². The van der Waals surface area contributed by atoms with E-state index in [4.69, 9.17) is 4.74 Å². The molecule has 2 aliphatic rings. The van der Waals surface area contributed by atoms with Gasteiger partial charge in [-0.2, -0.15) is 0 Å². The number of fused-ring (bicyclic) bond motifs is 1. The number of morpholine rings is 1. The average molecular weight is 538 g/mol. The van der Waals surface area contributed by atoms with Crippen molar-refractivity contribution >= 4 is 34.8 Å². The number of amides is 3. The molecule has 1 saturated heterocycles. The first-order valence-corrected chi connectivity index (χ1v) is 13.4. The van der Waals surface area contributed by atoms with Gasteiger partial charge in [0.25, 0.3) is 5.91 Å². The van der Waals surface area contributed by atoms with Gasteiger partial charge >= 0.3 is 6.03 Å². The molecule has 2 N–H and O–H groups in total. The molecule has 3 aromatic heterocycles. The Labute approximate surface area is 232 Å². The van der Waals surface area contributed by atoms with Crippen molar-refractivity contribution in [3.05, 3.63) is 84.5 Å². The molecule has 0 spiro atoms. The maximum Gasteiger partial charge on any atom is 0.322 e. The molecule has 6 rings (SSSR count). The molecule has 5 heterocycles. The van der Waals surface area contributed by atoms with Crippen LogP contribution in [0.2, 0.25) is 0 Å². The quantitative estimate of drug-likeness (QED) is 0.357. The molecule has 3 amide bonds. The Bertz CT molecular complexity index is 1570. The minimum Gasteiger partial charge on any atom is -0.378 e. The maximum absolute atomic E-state index is 12.8. The van der Waals surface area contributed by atoms with E-state index in [0.717, 1.165) is 40.1 Å². The van der Waals surface area contributed by atoms with Gasteiger partial charge in [-0.3, -0.25) is 4.79 Å². The number of hydrogen-bond donors (Lipinski definition) is 2. The highest BCUT2D eigenvalue weighted by atomic mass is 16.5. The van der Waals surface area contributed by atoms with Gasteiger partial charge in [0.1, 0.15) is 5.82 Å². The first kappa shape index (κ1) is 25.6. The standard InChI is InChI=1S/C30H31N7O3/c1-21-24(6-5-7-25(21)34-30(39)36-11-3-2-4-12-36)23-18-26(28-31-10-13-37(28)20-23)33-27-9-8-22(19-32-27)29(38)35-14-16-40-17-15-35/h2-3,5-10,13,18-20H,4,11-12,14-17H2,1H3,(H,32,33)(H,34,39). The zero-order valence-electron chi connectivity index (χ0n) is 22.3. The van der Waals surface area contributed by atoms with E-state index in [0.29, 0.717) is 50.8 Å². The summed E-state index contributed by atoms with van der Waals surface area (Å²) < 4.78 is 7.30. The van der Waals surface area contributed by atoms with Gasteiger partial charge in [-0.05, 0) is 48.7 Å². The van der Waals surface area contributed by atoms with Gasteiger partial charge < -0.3 is 29.6 Å². The third-order valence-electron chi connectivity index (χ3n) is 7.29. The molecule has 10 heteroatoms. The second-order valence-corrected chi connectivity index (χ2v) is 9.88. The number of aromatic nitrogens is 3. The summed E-state index contributed by atoms with van der Waals surface area (Å²) in [5, 5.41) is 6.46. The van der Waals surface area contributed by atoms with Crippen LogP contribution in [0.25, 0.3) is 16.8 Å². The Hall–Kier alpha value is -4.70. The minimum absolute atomic E-state index is 0.0424. The van der Waals surface area contributed by atoms with Crippen molar-refractivity contribution in [2.45, 2.75) is 13.3 Å². The van der Waals surface area contributed by atoms with E-state index in [1.807, 2.05) is 54.1 Å². The number of imidazole rings is 1. The van der Waals surface area contributed by atoms with Crippen molar-refractivity contribution in [3.63, 3.8) is 0 Å². The van der Waals surface area contributed by atoms with Gasteiger partial charge in [-0.15, -0.1) is 0 Å². The fraction of sp³-hybridized carbons (Fsp3) is 0.267. The Morgan fingerprint density at radius 3 is 2.62 bits per heavy atom. The SMILES string of the molecule is Cc1c(NC(=O)N2CC=CCC2)cccc1-c1cc(Nc2ccc(C(=O)N3CCOCC3)cn2)c2nccn2c1. The van der Waals surface area contributed by atoms with Gasteiger partial charge in [-0.1, -0.05) is 24.3 Å². The van der Waals surface area contributed by atoms with Crippen LogP contribution in [0.15, 0.2) is 73.3 Å². The number of nitrogens with one attached hydrogen (secondary N) is 2. The number of carbonyl (C=O) groups is 2. The van der Waals surface area contributed by atoms with Gasteiger partial charge in [0.15, 0.2) is 5.65 Å². The molecule has 2 aliphatic heterocycles. The summed E-state index contributed by atoms with van der Waals surface area (Å²) in [6.45, 7) is 5.63. The zero-order valence-corrected chi connectivity index (χ0v) is 22.3. The summed E-state index contributed by atoms with van der Waals surface area (Å²) in [5.74, 6) is 0.563. The number of urea groups is 1. The lowest BCUT2D eigenvalue weighted by Crippen LogP contribution is -2.40. The van der Waals surface area contributed by atoms with Crippen LogP contribution in [-0.2, 0) is 4.74 Å². The average Bonchev–Trinajstić information content (AvgIpc) is 3.48. The molecule has 0 bridgehead atoms. The van der Waals surface area contributed by atoms with Crippen molar-refractivity contribution in [2.75, 3.05) is 50.0 Å². The summed E-state index contributed by atoms with van der Waals surface area (Å²) in [6, 6.07) is 11.4. The fourth-order valence-corrected chi connectivity index (χ4v) is 5.06. The summed E-state index contributed by atoms with van der Waals surface area (Å²) in [6.07, 6.45) is 12.3. The highest BCUT2D eigenvalue weighted by Crippen LogP contribution is 2.32. The lowest BCUT2D eigenvalue weighted by Gasteiger charge is -2.26. The van der Waals surface area contributed by atoms with E-state index in [-0.39, 0.29) is 11.9 Å². The highest BCUT2D eigenvalue weighted by molar-refractivity contribution is 5.94. The topological polar surface area (TPSA) is 104 Å². The van der Waals surface area contributed by atoms with Crippen molar-refractivity contribution in [1.29, 1.82) is 0 Å². The van der Waals surface area contributed by atoms with Crippen LogP contribution in [-0.4, -0.2) is 75.5 Å². The summed E-state index contributed by atoms with van der Waals surface area (Å²) in [7, 11) is 0. The molecule has 1 fully saturated rings. The van der Waals surface area contributed by atoms with E-state index >= 15 is 0 Å². The number of nitrogens with zero attached hydrogens (tertiary/aromatic N) is 5. The van der Waals surface area contributed by atoms with Crippen LogP contribution >= 0.6 is 0 Å². The third kappa shape index (κ3) is 5.26. The molecule has 0 radical (unpaired) electrons. The number of ether oxygens (including phenoxy) is 1. The molecule has 40 heavy (non-hydrogen) atoms. The van der Waals surface area contributed by atoms with E-state index in [1.54, 1.807) is 34.3 Å². The number of pyridine rings is 2. The molecule has 0 saturated carbocycles. The molecule has 4 aromatic rings. The number of rotatable bonds is 5. The van der Waals surface area contributed by atoms with E-state index in [1.165, 1.54) is 0 Å². The first-order valence-electron chi connectivity index (χ1n) is 13.4. The molecular weight excluding hydrogens is 506 g/mol. The van der Waals surface area contributed by atoms with Gasteiger partial charge in [0.05, 0.1) is 24.5 Å². The molecule has 10 nitrogen and oxygen atoms in total. The number of anilines is 3. The second-order valence-electron chi connectivity index (χ2n) is 9.88. The predicted octanol–water partition coefficient (Wildman–Crippen LogP) is 4.71. The first-order chi connectivity index (χ1) is 19.6. The van der Waals surface area contributed by atoms with E-state index < -0.39 is 0 Å². The van der Waals surface area contributed by atoms with Crippen LogP contribution in [0, 0.1) is 6.92 Å². The van der Waals surface area contributed by atoms with Crippen LogP contribution in [0.4, 0.5) is 22.0 Å². The van der Waals surface area contributed by atoms with Crippen molar-refractivity contribution in [1.82, 2.24) is 24.2 Å². The molecule has 0 atom stereocenters. The number of benzene rings is 1. The van der Waals surface area contributed by atoms with Crippen LogP contribution in [0.5, 0.6) is 0 Å². The minimum atomic E-state index is -0.0985. The Morgan fingerprint density at radius 1 is 0.975 bits per heavy atom. The second kappa shape index (κ2) is 11.2. The molecule has 204 valence electrons. The van der Waals surface area contributed by atoms with Gasteiger partial charge in [-0.25, -0.2) is 14.8 Å². The van der Waals surface area contributed by atoms with E-state index in [2.05, 4.69) is 26.7 Å². The van der Waals surface area contributed by atoms with Crippen molar-refractivity contribution in [3.8, 4) is 11.1 Å². The van der Waals surface area contributed by atoms with Crippen LogP contribution in [0.1, 0.15) is 22.3 Å². The maximum atomic E-state index is 12.8. The summed E-state index contributed by atoms with van der Waals surface area (Å²) in [5.41, 5.74) is 5.77. The Balaban J connectivity index is 1.25. The molecule has 0 aliphatic carbocycles. The third-order valence-corrected chi connectivity index (χ3v) is 7.29. The number of hydrogen-bond acceptors (Lipinski definition) is 6. The fourth-order valence-electron chi connectivity index (χ4n) is 5.06. The summed E-state index contributed by atoms with van der Waals surface area (Å²) in [4.78, 5) is 38.3. The highest BCUT2D eigenvalue weighted by Gasteiger charge is 2.19. The molecule has 1 aromatic carbocycles. The van der Waals surface area contributed by atoms with E-state index in [9.17, 15) is 9.59 Å². The molecular formula is C30H31N7O3. The summed E-state index contributed by atoms with van der Waals surface area (Å²) >= 11 is 0. The lowest BCUT2D eigenvalue weighted by atomic mass is 10.00.